The van der Waals surface area contributed by atoms with Crippen molar-refractivity contribution in [3.8, 4) is 0 Å². The fraction of sp³-hybridized carbons (Fsp3) is 0.474. The van der Waals surface area contributed by atoms with Gasteiger partial charge in [0.25, 0.3) is 5.91 Å². The number of carbonyl (C=O) groups is 1. The molecular weight excluding hydrogens is 302 g/mol. The molecule has 1 aromatic heterocycles. The molecule has 0 radical (unpaired) electrons. The van der Waals surface area contributed by atoms with Gasteiger partial charge in [0.1, 0.15) is 5.56 Å². The van der Waals surface area contributed by atoms with Crippen molar-refractivity contribution < 1.29 is 4.79 Å². The lowest BCUT2D eigenvalue weighted by Crippen LogP contribution is -2.36. The number of amides is 1. The van der Waals surface area contributed by atoms with Gasteiger partial charge in [0.2, 0.25) is 5.43 Å². The molecule has 0 aliphatic heterocycles. The average Bonchev–Trinajstić information content (AvgIpc) is 3.07. The number of nitrogen functional groups attached to an aromatic ring is 1. The molecule has 1 saturated carbocycles. The zero-order valence-corrected chi connectivity index (χ0v) is 14.3. The summed E-state index contributed by atoms with van der Waals surface area (Å²) < 4.78 is 2.00. The number of aromatic nitrogens is 1. The van der Waals surface area contributed by atoms with E-state index in [-0.39, 0.29) is 29.0 Å². The van der Waals surface area contributed by atoms with Gasteiger partial charge in [-0.2, -0.15) is 0 Å². The largest absolute Gasteiger partial charge is 0.398 e. The van der Waals surface area contributed by atoms with Crippen LogP contribution in [0.3, 0.4) is 0 Å². The quantitative estimate of drug-likeness (QED) is 0.846. The van der Waals surface area contributed by atoms with E-state index in [0.717, 1.165) is 37.6 Å². The predicted molar refractivity (Wildman–Crippen MR) is 97.3 cm³/mol. The fourth-order valence-electron chi connectivity index (χ4n) is 3.48. The van der Waals surface area contributed by atoms with Crippen LogP contribution in [0, 0.1) is 0 Å². The lowest BCUT2D eigenvalue weighted by Gasteiger charge is -2.20. The molecule has 1 fully saturated rings. The minimum atomic E-state index is -0.283. The van der Waals surface area contributed by atoms with Crippen LogP contribution in [0.2, 0.25) is 0 Å². The first-order chi connectivity index (χ1) is 11.5. The number of hydrogen-bond donors (Lipinski definition) is 2. The Labute approximate surface area is 141 Å². The van der Waals surface area contributed by atoms with Crippen LogP contribution in [0.15, 0.2) is 29.2 Å². The molecule has 0 bridgehead atoms. The zero-order valence-electron chi connectivity index (χ0n) is 14.3. The molecule has 1 aliphatic carbocycles. The standard InChI is InChI=1S/C19H25N3O2/c1-3-12(2)22-11-14(19(24)21-13-7-4-5-8-13)18(23)17-15(20)9-6-10-16(17)22/h6,9-13H,3-5,7-8,20H2,1-2H3,(H,21,24). The van der Waals surface area contributed by atoms with Crippen molar-refractivity contribution in [3.63, 3.8) is 0 Å². The van der Waals surface area contributed by atoms with Gasteiger partial charge in [-0.1, -0.05) is 25.8 Å². The molecule has 2 aromatic rings. The van der Waals surface area contributed by atoms with Crippen LogP contribution < -0.4 is 16.5 Å². The van der Waals surface area contributed by atoms with E-state index >= 15 is 0 Å². The van der Waals surface area contributed by atoms with Crippen LogP contribution in [0.5, 0.6) is 0 Å². The van der Waals surface area contributed by atoms with E-state index in [1.54, 1.807) is 12.3 Å². The smallest absolute Gasteiger partial charge is 0.256 e. The second-order valence-corrected chi connectivity index (χ2v) is 6.73. The van der Waals surface area contributed by atoms with Crippen molar-refractivity contribution >= 4 is 22.5 Å². The summed E-state index contributed by atoms with van der Waals surface area (Å²) in [5, 5.41) is 3.45. The molecular formula is C19H25N3O2. The minimum Gasteiger partial charge on any atom is -0.398 e. The summed E-state index contributed by atoms with van der Waals surface area (Å²) in [5.74, 6) is -0.283. The Morgan fingerprint density at radius 1 is 1.38 bits per heavy atom. The molecule has 3 N–H and O–H groups in total. The molecule has 1 amide bonds. The van der Waals surface area contributed by atoms with Gasteiger partial charge in [-0.05, 0) is 38.3 Å². The number of nitrogens with one attached hydrogen (secondary N) is 1. The Morgan fingerprint density at radius 2 is 2.08 bits per heavy atom. The minimum absolute atomic E-state index is 0.174. The van der Waals surface area contributed by atoms with E-state index in [1.165, 1.54) is 0 Å². The number of nitrogens with two attached hydrogens (primary N) is 1. The maximum Gasteiger partial charge on any atom is 0.256 e. The number of nitrogens with zero attached hydrogens (tertiary/aromatic N) is 1. The van der Waals surface area contributed by atoms with Crippen LogP contribution in [-0.4, -0.2) is 16.5 Å². The third-order valence-electron chi connectivity index (χ3n) is 5.09. The average molecular weight is 327 g/mol. The lowest BCUT2D eigenvalue weighted by atomic mass is 10.1. The third kappa shape index (κ3) is 2.90. The SMILES string of the molecule is CCC(C)n1cc(C(=O)NC2CCCC2)c(=O)c2c(N)cccc21. The Hall–Kier alpha value is -2.30. The van der Waals surface area contributed by atoms with E-state index in [2.05, 4.69) is 19.2 Å². The molecule has 1 heterocycles. The molecule has 5 nitrogen and oxygen atoms in total. The number of pyridine rings is 1. The van der Waals surface area contributed by atoms with Crippen molar-refractivity contribution in [2.75, 3.05) is 5.73 Å². The van der Waals surface area contributed by atoms with E-state index in [4.69, 9.17) is 5.73 Å². The first kappa shape index (κ1) is 16.6. The number of benzene rings is 1. The first-order valence-electron chi connectivity index (χ1n) is 8.77. The summed E-state index contributed by atoms with van der Waals surface area (Å²) in [6.07, 6.45) is 6.83. The van der Waals surface area contributed by atoms with Gasteiger partial charge >= 0.3 is 0 Å². The molecule has 5 heteroatoms. The van der Waals surface area contributed by atoms with Gasteiger partial charge in [0.15, 0.2) is 0 Å². The van der Waals surface area contributed by atoms with Gasteiger partial charge in [-0.3, -0.25) is 9.59 Å². The molecule has 1 aromatic carbocycles. The normalized spacial score (nSPS) is 16.4. The highest BCUT2D eigenvalue weighted by Crippen LogP contribution is 2.23. The maximum absolute atomic E-state index is 12.9. The van der Waals surface area contributed by atoms with Crippen molar-refractivity contribution in [1.82, 2.24) is 9.88 Å². The van der Waals surface area contributed by atoms with Gasteiger partial charge in [-0.15, -0.1) is 0 Å². The first-order valence-corrected chi connectivity index (χ1v) is 8.77. The van der Waals surface area contributed by atoms with E-state index in [1.807, 2.05) is 16.7 Å². The number of carbonyl (C=O) groups excluding carboxylic acids is 1. The molecule has 128 valence electrons. The Bertz CT molecular complexity index is 819. The van der Waals surface area contributed by atoms with E-state index < -0.39 is 0 Å². The Balaban J connectivity index is 2.13. The van der Waals surface area contributed by atoms with Crippen molar-refractivity contribution in [2.24, 2.45) is 0 Å². The van der Waals surface area contributed by atoms with Crippen molar-refractivity contribution in [2.45, 2.75) is 58.0 Å². The summed E-state index contributed by atoms with van der Waals surface area (Å²) in [4.78, 5) is 25.5. The van der Waals surface area contributed by atoms with Gasteiger partial charge in [0, 0.05) is 24.0 Å². The number of fused-ring (bicyclic) bond motifs is 1. The lowest BCUT2D eigenvalue weighted by molar-refractivity contribution is 0.0936. The van der Waals surface area contributed by atoms with Crippen LogP contribution in [0.1, 0.15) is 62.4 Å². The molecule has 1 unspecified atom stereocenters. The molecule has 1 atom stereocenters. The van der Waals surface area contributed by atoms with Gasteiger partial charge in [0.05, 0.1) is 10.9 Å². The molecule has 0 saturated heterocycles. The Kier molecular flexibility index (Phi) is 4.60. The van der Waals surface area contributed by atoms with Crippen LogP contribution in [0.25, 0.3) is 10.9 Å². The monoisotopic (exact) mass is 327 g/mol. The summed E-state index contributed by atoms with van der Waals surface area (Å²) in [5.41, 5.74) is 7.17. The van der Waals surface area contributed by atoms with Crippen molar-refractivity contribution in [1.29, 1.82) is 0 Å². The number of rotatable bonds is 4. The van der Waals surface area contributed by atoms with Gasteiger partial charge in [-0.25, -0.2) is 0 Å². The van der Waals surface area contributed by atoms with Crippen LogP contribution in [0.4, 0.5) is 5.69 Å². The predicted octanol–water partition coefficient (Wildman–Crippen LogP) is 3.23. The Morgan fingerprint density at radius 3 is 2.75 bits per heavy atom. The highest BCUT2D eigenvalue weighted by molar-refractivity contribution is 6.00. The topological polar surface area (TPSA) is 77.1 Å². The second-order valence-electron chi connectivity index (χ2n) is 6.73. The van der Waals surface area contributed by atoms with Crippen LogP contribution in [-0.2, 0) is 0 Å². The van der Waals surface area contributed by atoms with E-state index in [0.29, 0.717) is 11.1 Å². The maximum atomic E-state index is 12.9. The number of anilines is 1. The van der Waals surface area contributed by atoms with Crippen LogP contribution >= 0.6 is 0 Å². The fourth-order valence-corrected chi connectivity index (χ4v) is 3.48. The summed E-state index contributed by atoms with van der Waals surface area (Å²) in [6.45, 7) is 4.16. The van der Waals surface area contributed by atoms with E-state index in [9.17, 15) is 9.59 Å². The third-order valence-corrected chi connectivity index (χ3v) is 5.09. The molecule has 1 aliphatic rings. The molecule has 24 heavy (non-hydrogen) atoms. The van der Waals surface area contributed by atoms with Gasteiger partial charge < -0.3 is 15.6 Å². The number of hydrogen-bond acceptors (Lipinski definition) is 3. The highest BCUT2D eigenvalue weighted by atomic mass is 16.2. The highest BCUT2D eigenvalue weighted by Gasteiger charge is 2.22. The molecule has 3 rings (SSSR count). The zero-order chi connectivity index (χ0) is 17.3. The van der Waals surface area contributed by atoms with Crippen molar-refractivity contribution in [3.05, 3.63) is 40.2 Å². The molecule has 0 spiro atoms. The summed E-state index contributed by atoms with van der Waals surface area (Å²) >= 11 is 0. The summed E-state index contributed by atoms with van der Waals surface area (Å²) in [6, 6.07) is 5.79. The second kappa shape index (κ2) is 6.67. The summed E-state index contributed by atoms with van der Waals surface area (Å²) in [7, 11) is 0.